The first-order chi connectivity index (χ1) is 15.6. The lowest BCUT2D eigenvalue weighted by Gasteiger charge is -2.36. The summed E-state index contributed by atoms with van der Waals surface area (Å²) in [6, 6.07) is 0.193. The molecule has 1 aliphatic carbocycles. The molecular formula is C19H20F5N7S2. The highest BCUT2D eigenvalue weighted by Crippen LogP contribution is 2.39. The number of hydrogen-bond acceptors (Lipinski definition) is 8. The highest BCUT2D eigenvalue weighted by molar-refractivity contribution is 7.97. The summed E-state index contributed by atoms with van der Waals surface area (Å²) in [5.74, 6) is 0.318. The van der Waals surface area contributed by atoms with Crippen molar-refractivity contribution in [2.24, 2.45) is 0 Å². The van der Waals surface area contributed by atoms with Crippen molar-refractivity contribution in [3.8, 4) is 10.8 Å². The second-order valence-corrected chi connectivity index (χ2v) is 10.3. The van der Waals surface area contributed by atoms with Crippen LogP contribution in [0.3, 0.4) is 0 Å². The number of nitrogens with one attached hydrogen (secondary N) is 2. The van der Waals surface area contributed by atoms with Crippen LogP contribution < -0.4 is 14.9 Å². The Labute approximate surface area is 193 Å². The number of anilines is 1. The summed E-state index contributed by atoms with van der Waals surface area (Å²) in [5, 5.41) is 9.71. The van der Waals surface area contributed by atoms with Crippen LogP contribution in [0.1, 0.15) is 31.2 Å². The van der Waals surface area contributed by atoms with Crippen LogP contribution in [0.4, 0.5) is 27.6 Å². The van der Waals surface area contributed by atoms with E-state index in [1.165, 1.54) is 18.1 Å². The van der Waals surface area contributed by atoms with Crippen LogP contribution in [0, 0.1) is 0 Å². The van der Waals surface area contributed by atoms with E-state index in [0.717, 1.165) is 29.1 Å². The van der Waals surface area contributed by atoms with Gasteiger partial charge in [-0.05, 0) is 37.8 Å². The number of rotatable bonds is 6. The minimum atomic E-state index is -4.37. The molecule has 0 bridgehead atoms. The van der Waals surface area contributed by atoms with Crippen LogP contribution in [-0.4, -0.2) is 57.0 Å². The van der Waals surface area contributed by atoms with E-state index in [1.54, 1.807) is 15.5 Å². The van der Waals surface area contributed by atoms with Gasteiger partial charge in [-0.15, -0.1) is 10.2 Å². The second kappa shape index (κ2) is 8.32. The summed E-state index contributed by atoms with van der Waals surface area (Å²) in [6.45, 7) is 2.42. The molecule has 0 radical (unpaired) electrons. The monoisotopic (exact) mass is 505 g/mol. The minimum Gasteiger partial charge on any atom is -0.367 e. The molecule has 0 spiro atoms. The normalized spacial score (nSPS) is 20.7. The number of piperazine rings is 1. The van der Waals surface area contributed by atoms with E-state index in [2.05, 4.69) is 32.1 Å². The Morgan fingerprint density at radius 1 is 1.30 bits per heavy atom. The number of pyridine rings is 1. The fraction of sp³-hybridized carbons (Fsp3) is 0.526. The maximum Gasteiger partial charge on any atom is 0.405 e. The largest absolute Gasteiger partial charge is 0.405 e. The van der Waals surface area contributed by atoms with E-state index in [9.17, 15) is 22.0 Å². The van der Waals surface area contributed by atoms with E-state index in [-0.39, 0.29) is 23.6 Å². The van der Waals surface area contributed by atoms with Crippen LogP contribution in [0.5, 0.6) is 0 Å². The number of imidazole rings is 1. The van der Waals surface area contributed by atoms with Crippen molar-refractivity contribution < 1.29 is 22.0 Å². The highest BCUT2D eigenvalue weighted by Gasteiger charge is 2.42. The highest BCUT2D eigenvalue weighted by atomic mass is 32.2. The molecule has 1 saturated carbocycles. The van der Waals surface area contributed by atoms with Gasteiger partial charge < -0.3 is 10.2 Å². The molecule has 178 valence electrons. The number of hydrogen-bond donors (Lipinski definition) is 2. The number of alkyl halides is 5. The molecule has 0 aromatic carbocycles. The average Bonchev–Trinajstić information content (AvgIpc) is 3.16. The fourth-order valence-electron chi connectivity index (χ4n) is 3.59. The lowest BCUT2D eigenvalue weighted by atomic mass is 10.1. The summed E-state index contributed by atoms with van der Waals surface area (Å²) in [5.41, 5.74) is 1.19. The van der Waals surface area contributed by atoms with Crippen LogP contribution in [0.2, 0.25) is 0 Å². The van der Waals surface area contributed by atoms with E-state index < -0.39 is 23.7 Å². The van der Waals surface area contributed by atoms with Crippen molar-refractivity contribution in [1.29, 1.82) is 0 Å². The molecule has 3 aromatic heterocycles. The molecule has 1 saturated heterocycles. The zero-order chi connectivity index (χ0) is 23.4. The first kappa shape index (κ1) is 22.7. The predicted octanol–water partition coefficient (Wildman–Crippen LogP) is 4.28. The van der Waals surface area contributed by atoms with Crippen LogP contribution >= 0.6 is 23.3 Å². The van der Waals surface area contributed by atoms with Crippen molar-refractivity contribution in [1.82, 2.24) is 29.6 Å². The molecule has 33 heavy (non-hydrogen) atoms. The van der Waals surface area contributed by atoms with Crippen LogP contribution in [0.15, 0.2) is 23.4 Å². The standard InChI is InChI=1S/C19H20F5N7S2/c1-18(2-3-18)29-33-10-6-11(30-5-4-25-13(9-30)19(22,23)24)12-7-26-15(31(12)8-10)17-28-27-16(32-17)14(20)21/h6-8,13-14,25,29H,2-5,9H2,1H3. The molecule has 14 heteroatoms. The second-order valence-electron chi connectivity index (χ2n) is 8.40. The summed E-state index contributed by atoms with van der Waals surface area (Å²) in [4.78, 5) is 6.81. The summed E-state index contributed by atoms with van der Waals surface area (Å²) in [7, 11) is 0. The first-order valence-electron chi connectivity index (χ1n) is 10.3. The van der Waals surface area contributed by atoms with Crippen molar-refractivity contribution >= 4 is 34.5 Å². The average molecular weight is 506 g/mol. The van der Waals surface area contributed by atoms with Crippen molar-refractivity contribution in [2.45, 2.75) is 48.8 Å². The van der Waals surface area contributed by atoms with E-state index in [4.69, 9.17) is 0 Å². The molecule has 4 heterocycles. The first-order valence-corrected chi connectivity index (χ1v) is 11.9. The van der Waals surface area contributed by atoms with Gasteiger partial charge in [0, 0.05) is 36.3 Å². The molecule has 3 aromatic rings. The molecule has 1 aliphatic heterocycles. The number of nitrogens with zero attached hydrogens (tertiary/aromatic N) is 5. The van der Waals surface area contributed by atoms with Crippen LogP contribution in [0.25, 0.3) is 16.3 Å². The molecule has 1 atom stereocenters. The third-order valence-electron chi connectivity index (χ3n) is 5.74. The van der Waals surface area contributed by atoms with E-state index >= 15 is 0 Å². The number of halogens is 5. The maximum atomic E-state index is 13.4. The van der Waals surface area contributed by atoms with Crippen molar-refractivity contribution in [2.75, 3.05) is 24.5 Å². The van der Waals surface area contributed by atoms with Gasteiger partial charge in [0.05, 0.1) is 17.4 Å². The third-order valence-corrected chi connectivity index (χ3v) is 7.72. The smallest absolute Gasteiger partial charge is 0.367 e. The van der Waals surface area contributed by atoms with Gasteiger partial charge in [-0.3, -0.25) is 9.12 Å². The predicted molar refractivity (Wildman–Crippen MR) is 116 cm³/mol. The SMILES string of the molecule is CC1(NSc2cc(N3CCNC(C(F)(F)F)C3)c3cnc(-c4nnc(C(F)F)s4)n3c2)CC1. The Morgan fingerprint density at radius 2 is 2.09 bits per heavy atom. The van der Waals surface area contributed by atoms with E-state index in [0.29, 0.717) is 23.6 Å². The molecular weight excluding hydrogens is 485 g/mol. The molecule has 2 fully saturated rings. The molecule has 0 amide bonds. The van der Waals surface area contributed by atoms with Crippen molar-refractivity contribution in [3.05, 3.63) is 23.5 Å². The Balaban J connectivity index is 1.55. The van der Waals surface area contributed by atoms with Crippen molar-refractivity contribution in [3.63, 3.8) is 0 Å². The fourth-order valence-corrected chi connectivity index (χ4v) is 5.18. The Bertz CT molecular complexity index is 1160. The topological polar surface area (TPSA) is 70.4 Å². The lowest BCUT2D eigenvalue weighted by Crippen LogP contribution is -2.57. The zero-order valence-electron chi connectivity index (χ0n) is 17.4. The number of fused-ring (bicyclic) bond motifs is 1. The molecule has 2 aliphatic rings. The molecule has 1 unspecified atom stereocenters. The maximum absolute atomic E-state index is 13.4. The zero-order valence-corrected chi connectivity index (χ0v) is 19.0. The van der Waals surface area contributed by atoms with Gasteiger partial charge in [-0.25, -0.2) is 13.8 Å². The van der Waals surface area contributed by atoms with E-state index in [1.807, 2.05) is 6.07 Å². The summed E-state index contributed by atoms with van der Waals surface area (Å²) >= 11 is 2.13. The Hall–Kier alpha value is -2.03. The van der Waals surface area contributed by atoms with Gasteiger partial charge in [0.15, 0.2) is 15.8 Å². The summed E-state index contributed by atoms with van der Waals surface area (Å²) in [6.07, 6.45) is -1.71. The van der Waals surface area contributed by atoms with Gasteiger partial charge in [-0.1, -0.05) is 11.3 Å². The Morgan fingerprint density at radius 3 is 2.76 bits per heavy atom. The minimum absolute atomic E-state index is 0.0272. The quantitative estimate of drug-likeness (QED) is 0.383. The van der Waals surface area contributed by atoms with Gasteiger partial charge in [-0.2, -0.15) is 13.2 Å². The molecule has 7 nitrogen and oxygen atoms in total. The van der Waals surface area contributed by atoms with Crippen LogP contribution in [-0.2, 0) is 0 Å². The number of aromatic nitrogens is 4. The Kier molecular flexibility index (Phi) is 5.74. The lowest BCUT2D eigenvalue weighted by molar-refractivity contribution is -0.155. The summed E-state index contributed by atoms with van der Waals surface area (Å²) < 4.78 is 71.3. The van der Waals surface area contributed by atoms with Gasteiger partial charge in [0.2, 0.25) is 0 Å². The molecule has 2 N–H and O–H groups in total. The molecule has 5 rings (SSSR count). The van der Waals surface area contributed by atoms with Gasteiger partial charge in [0.1, 0.15) is 6.04 Å². The van der Waals surface area contributed by atoms with Gasteiger partial charge in [0.25, 0.3) is 6.43 Å². The van der Waals surface area contributed by atoms with Gasteiger partial charge >= 0.3 is 6.18 Å². The third kappa shape index (κ3) is 4.66.